The van der Waals surface area contributed by atoms with E-state index >= 15 is 0 Å². The number of carbonyl (C=O) groups is 2. The van der Waals surface area contributed by atoms with E-state index in [1.54, 1.807) is 19.9 Å². The van der Waals surface area contributed by atoms with Gasteiger partial charge in [0.25, 0.3) is 5.91 Å². The zero-order valence-corrected chi connectivity index (χ0v) is 16.2. The highest BCUT2D eigenvalue weighted by Gasteiger charge is 2.21. The fourth-order valence-electron chi connectivity index (χ4n) is 3.32. The first-order valence-corrected chi connectivity index (χ1v) is 9.07. The molecule has 0 unspecified atom stereocenters. The summed E-state index contributed by atoms with van der Waals surface area (Å²) in [6.07, 6.45) is 0. The maximum Gasteiger partial charge on any atom is 0.274 e. The number of aromatic nitrogens is 2. The fraction of sp³-hybridized carbons (Fsp3) is 0.400. The second kappa shape index (κ2) is 7.73. The van der Waals surface area contributed by atoms with Crippen LogP contribution in [0.5, 0.6) is 0 Å². The molecule has 27 heavy (non-hydrogen) atoms. The maximum atomic E-state index is 12.7. The molecule has 2 aromatic rings. The lowest BCUT2D eigenvalue weighted by Crippen LogP contribution is -2.48. The minimum Gasteiger partial charge on any atom is -0.353 e. The van der Waals surface area contributed by atoms with E-state index in [1.165, 1.54) is 0 Å². The lowest BCUT2D eigenvalue weighted by molar-refractivity contribution is -0.129. The standard InChI is InChI=1S/C20H25N5O2/c1-13-9-14(2)11-17(10-13)23-20(27)18-12-19(22-15(3)21-18)25-7-5-24(6-8-25)16(4)26/h9-12H,5-8H2,1-4H3,(H,23,27). The van der Waals surface area contributed by atoms with Crippen molar-refractivity contribution in [1.29, 1.82) is 0 Å². The molecule has 2 amide bonds. The predicted molar refractivity (Wildman–Crippen MR) is 105 cm³/mol. The van der Waals surface area contributed by atoms with Gasteiger partial charge in [0, 0.05) is 44.9 Å². The number of benzene rings is 1. The van der Waals surface area contributed by atoms with E-state index in [4.69, 9.17) is 0 Å². The Morgan fingerprint density at radius 2 is 1.56 bits per heavy atom. The van der Waals surface area contributed by atoms with Crippen molar-refractivity contribution >= 4 is 23.3 Å². The van der Waals surface area contributed by atoms with Gasteiger partial charge in [-0.05, 0) is 44.0 Å². The summed E-state index contributed by atoms with van der Waals surface area (Å²) < 4.78 is 0. The van der Waals surface area contributed by atoms with E-state index < -0.39 is 0 Å². The summed E-state index contributed by atoms with van der Waals surface area (Å²) in [6, 6.07) is 7.64. The van der Waals surface area contributed by atoms with Gasteiger partial charge in [-0.2, -0.15) is 0 Å². The Morgan fingerprint density at radius 1 is 0.926 bits per heavy atom. The molecule has 0 saturated carbocycles. The Hall–Kier alpha value is -2.96. The normalized spacial score (nSPS) is 14.2. The quantitative estimate of drug-likeness (QED) is 0.901. The highest BCUT2D eigenvalue weighted by atomic mass is 16.2. The molecule has 7 heteroatoms. The molecule has 3 rings (SSSR count). The van der Waals surface area contributed by atoms with Gasteiger partial charge in [-0.15, -0.1) is 0 Å². The van der Waals surface area contributed by atoms with Gasteiger partial charge >= 0.3 is 0 Å². The first-order chi connectivity index (χ1) is 12.8. The number of nitrogens with zero attached hydrogens (tertiary/aromatic N) is 4. The Labute approximate surface area is 159 Å². The fourth-order valence-corrected chi connectivity index (χ4v) is 3.32. The van der Waals surface area contributed by atoms with Crippen molar-refractivity contribution in [1.82, 2.24) is 14.9 Å². The summed E-state index contributed by atoms with van der Waals surface area (Å²) in [7, 11) is 0. The van der Waals surface area contributed by atoms with Crippen molar-refractivity contribution < 1.29 is 9.59 Å². The Kier molecular flexibility index (Phi) is 5.39. The molecule has 142 valence electrons. The van der Waals surface area contributed by atoms with E-state index in [2.05, 4.69) is 26.3 Å². The number of rotatable bonds is 3. The predicted octanol–water partition coefficient (Wildman–Crippen LogP) is 2.32. The minimum atomic E-state index is -0.255. The molecule has 1 aromatic carbocycles. The Bertz CT molecular complexity index is 852. The molecule has 7 nitrogen and oxygen atoms in total. The van der Waals surface area contributed by atoms with Crippen molar-refractivity contribution in [2.24, 2.45) is 0 Å². The number of aryl methyl sites for hydroxylation is 3. The first kappa shape index (κ1) is 18.8. The summed E-state index contributed by atoms with van der Waals surface area (Å²) in [6.45, 7) is 10.0. The first-order valence-electron chi connectivity index (χ1n) is 9.07. The number of anilines is 2. The molecular weight excluding hydrogens is 342 g/mol. The van der Waals surface area contributed by atoms with Crippen molar-refractivity contribution in [2.75, 3.05) is 36.4 Å². The molecular formula is C20H25N5O2. The van der Waals surface area contributed by atoms with Gasteiger partial charge < -0.3 is 15.1 Å². The minimum absolute atomic E-state index is 0.0852. The molecule has 1 N–H and O–H groups in total. The average Bonchev–Trinajstić information content (AvgIpc) is 2.60. The number of carbonyl (C=O) groups excluding carboxylic acids is 2. The molecule has 2 heterocycles. The zero-order valence-electron chi connectivity index (χ0n) is 16.2. The van der Waals surface area contributed by atoms with Gasteiger partial charge in [-0.25, -0.2) is 9.97 Å². The molecule has 1 saturated heterocycles. The van der Waals surface area contributed by atoms with E-state index in [0.29, 0.717) is 37.7 Å². The molecule has 1 aliphatic rings. The summed E-state index contributed by atoms with van der Waals surface area (Å²) >= 11 is 0. The van der Waals surface area contributed by atoms with Crippen molar-refractivity contribution in [3.63, 3.8) is 0 Å². The topological polar surface area (TPSA) is 78.4 Å². The van der Waals surface area contributed by atoms with Crippen LogP contribution in [-0.4, -0.2) is 52.9 Å². The lowest BCUT2D eigenvalue weighted by atomic mass is 10.1. The van der Waals surface area contributed by atoms with Crippen LogP contribution in [0, 0.1) is 20.8 Å². The number of nitrogens with one attached hydrogen (secondary N) is 1. The van der Waals surface area contributed by atoms with E-state index in [1.807, 2.05) is 30.9 Å². The maximum absolute atomic E-state index is 12.7. The third kappa shape index (κ3) is 4.61. The van der Waals surface area contributed by atoms with Gasteiger partial charge in [0.15, 0.2) is 0 Å². The van der Waals surface area contributed by atoms with Crippen LogP contribution in [0.2, 0.25) is 0 Å². The van der Waals surface area contributed by atoms with E-state index in [9.17, 15) is 9.59 Å². The highest BCUT2D eigenvalue weighted by Crippen LogP contribution is 2.18. The van der Waals surface area contributed by atoms with Crippen LogP contribution in [0.3, 0.4) is 0 Å². The van der Waals surface area contributed by atoms with Gasteiger partial charge in [0.1, 0.15) is 17.3 Å². The van der Waals surface area contributed by atoms with Gasteiger partial charge in [0.05, 0.1) is 0 Å². The largest absolute Gasteiger partial charge is 0.353 e. The zero-order chi connectivity index (χ0) is 19.6. The Balaban J connectivity index is 1.77. The molecule has 0 atom stereocenters. The second-order valence-electron chi connectivity index (χ2n) is 6.98. The van der Waals surface area contributed by atoms with E-state index in [-0.39, 0.29) is 11.8 Å². The van der Waals surface area contributed by atoms with Gasteiger partial charge in [-0.3, -0.25) is 9.59 Å². The molecule has 0 radical (unpaired) electrons. The Morgan fingerprint density at radius 3 is 2.15 bits per heavy atom. The van der Waals surface area contributed by atoms with Crippen LogP contribution < -0.4 is 10.2 Å². The second-order valence-corrected chi connectivity index (χ2v) is 6.98. The number of hydrogen-bond acceptors (Lipinski definition) is 5. The van der Waals surface area contributed by atoms with E-state index in [0.717, 1.165) is 22.6 Å². The smallest absolute Gasteiger partial charge is 0.274 e. The van der Waals surface area contributed by atoms with Crippen LogP contribution in [0.25, 0.3) is 0 Å². The van der Waals surface area contributed by atoms with Crippen molar-refractivity contribution in [2.45, 2.75) is 27.7 Å². The average molecular weight is 367 g/mol. The summed E-state index contributed by atoms with van der Waals surface area (Å²) in [4.78, 5) is 36.9. The number of hydrogen-bond donors (Lipinski definition) is 1. The molecule has 1 aromatic heterocycles. The molecule has 0 aliphatic carbocycles. The monoisotopic (exact) mass is 367 g/mol. The lowest BCUT2D eigenvalue weighted by Gasteiger charge is -2.35. The third-order valence-electron chi connectivity index (χ3n) is 4.59. The number of piperazine rings is 1. The highest BCUT2D eigenvalue weighted by molar-refractivity contribution is 6.03. The third-order valence-corrected chi connectivity index (χ3v) is 4.59. The van der Waals surface area contributed by atoms with Crippen LogP contribution >= 0.6 is 0 Å². The summed E-state index contributed by atoms with van der Waals surface area (Å²) in [5, 5.41) is 2.92. The molecule has 0 spiro atoms. The molecule has 0 bridgehead atoms. The van der Waals surface area contributed by atoms with Crippen LogP contribution in [-0.2, 0) is 4.79 Å². The van der Waals surface area contributed by atoms with Crippen LogP contribution in [0.15, 0.2) is 24.3 Å². The summed E-state index contributed by atoms with van der Waals surface area (Å²) in [5.41, 5.74) is 3.28. The van der Waals surface area contributed by atoms with Crippen LogP contribution in [0.1, 0.15) is 34.4 Å². The summed E-state index contributed by atoms with van der Waals surface area (Å²) in [5.74, 6) is 1.10. The van der Waals surface area contributed by atoms with Crippen molar-refractivity contribution in [3.05, 3.63) is 46.9 Å². The molecule has 1 aliphatic heterocycles. The van der Waals surface area contributed by atoms with Gasteiger partial charge in [0.2, 0.25) is 5.91 Å². The SMILES string of the molecule is CC(=O)N1CCN(c2cc(C(=O)Nc3cc(C)cc(C)c3)nc(C)n2)CC1. The van der Waals surface area contributed by atoms with Gasteiger partial charge in [-0.1, -0.05) is 6.07 Å². The van der Waals surface area contributed by atoms with Crippen molar-refractivity contribution in [3.8, 4) is 0 Å². The molecule has 1 fully saturated rings. The van der Waals surface area contributed by atoms with Crippen LogP contribution in [0.4, 0.5) is 11.5 Å². The number of amides is 2.